The van der Waals surface area contributed by atoms with Crippen LogP contribution in [-0.2, 0) is 4.79 Å². The summed E-state index contributed by atoms with van der Waals surface area (Å²) in [4.78, 5) is 16.8. The van der Waals surface area contributed by atoms with Gasteiger partial charge in [-0.25, -0.2) is 4.99 Å². The molecule has 0 bridgehead atoms. The maximum atomic E-state index is 12.2. The fraction of sp³-hybridized carbons (Fsp3) is 0.294. The lowest BCUT2D eigenvalue weighted by Gasteiger charge is -2.21. The summed E-state index contributed by atoms with van der Waals surface area (Å²) in [6.45, 7) is 6.10. The molecule has 1 aliphatic rings. The standard InChI is InChI=1S/C17H19N3O/c1-17(2,3)20-16-18-14(15(21)19-16)13-10-6-8-11-7-4-5-9-12(11)13/h4-10,14H,1-3H3,(H2,18,19,20,21). The summed E-state index contributed by atoms with van der Waals surface area (Å²) in [5.74, 6) is 0.462. The van der Waals surface area contributed by atoms with Crippen molar-refractivity contribution in [2.45, 2.75) is 32.4 Å². The van der Waals surface area contributed by atoms with Gasteiger partial charge in [-0.1, -0.05) is 42.5 Å². The molecule has 3 rings (SSSR count). The fourth-order valence-electron chi connectivity index (χ4n) is 2.52. The van der Waals surface area contributed by atoms with E-state index in [-0.39, 0.29) is 11.4 Å². The number of nitrogens with one attached hydrogen (secondary N) is 2. The molecule has 1 amide bonds. The number of benzene rings is 2. The zero-order chi connectivity index (χ0) is 15.0. The molecule has 2 N–H and O–H groups in total. The molecule has 0 spiro atoms. The average Bonchev–Trinajstić information content (AvgIpc) is 2.76. The molecule has 1 heterocycles. The number of fused-ring (bicyclic) bond motifs is 1. The Bertz CT molecular complexity index is 723. The molecule has 0 aromatic heterocycles. The van der Waals surface area contributed by atoms with Crippen molar-refractivity contribution in [1.29, 1.82) is 0 Å². The SMILES string of the molecule is CC(C)(C)NC1=NC(c2cccc3ccccc23)C(=O)N1. The van der Waals surface area contributed by atoms with Gasteiger partial charge in [0, 0.05) is 5.54 Å². The third-order valence-electron chi connectivity index (χ3n) is 3.36. The van der Waals surface area contributed by atoms with Crippen LogP contribution < -0.4 is 10.6 Å². The average molecular weight is 281 g/mol. The smallest absolute Gasteiger partial charge is 0.256 e. The van der Waals surface area contributed by atoms with E-state index in [2.05, 4.69) is 15.6 Å². The number of guanidine groups is 1. The van der Waals surface area contributed by atoms with E-state index in [1.165, 1.54) is 0 Å². The van der Waals surface area contributed by atoms with Crippen molar-refractivity contribution in [3.63, 3.8) is 0 Å². The van der Waals surface area contributed by atoms with E-state index in [0.717, 1.165) is 16.3 Å². The van der Waals surface area contributed by atoms with E-state index in [1.807, 2.05) is 63.2 Å². The van der Waals surface area contributed by atoms with Crippen molar-refractivity contribution < 1.29 is 4.79 Å². The second kappa shape index (κ2) is 4.88. The maximum absolute atomic E-state index is 12.2. The first kappa shape index (κ1) is 13.6. The van der Waals surface area contributed by atoms with Crippen LogP contribution in [0, 0.1) is 0 Å². The molecular weight excluding hydrogens is 262 g/mol. The zero-order valence-electron chi connectivity index (χ0n) is 12.5. The Kier molecular flexibility index (Phi) is 3.16. The van der Waals surface area contributed by atoms with E-state index < -0.39 is 6.04 Å². The van der Waals surface area contributed by atoms with Crippen molar-refractivity contribution in [2.75, 3.05) is 0 Å². The molecule has 1 unspecified atom stereocenters. The molecule has 4 nitrogen and oxygen atoms in total. The number of hydrogen-bond donors (Lipinski definition) is 2. The van der Waals surface area contributed by atoms with Crippen LogP contribution in [0.25, 0.3) is 10.8 Å². The van der Waals surface area contributed by atoms with Crippen LogP contribution in [-0.4, -0.2) is 17.4 Å². The molecule has 108 valence electrons. The number of carbonyl (C=O) groups excluding carboxylic acids is 1. The van der Waals surface area contributed by atoms with Gasteiger partial charge in [-0.3, -0.25) is 10.1 Å². The molecule has 1 atom stereocenters. The largest absolute Gasteiger partial charge is 0.351 e. The Morgan fingerprint density at radius 2 is 1.81 bits per heavy atom. The summed E-state index contributed by atoms with van der Waals surface area (Å²) in [5.41, 5.74) is 0.802. The van der Waals surface area contributed by atoms with Gasteiger partial charge in [-0.2, -0.15) is 0 Å². The van der Waals surface area contributed by atoms with Crippen LogP contribution in [0.15, 0.2) is 47.5 Å². The van der Waals surface area contributed by atoms with Gasteiger partial charge in [0.15, 0.2) is 12.0 Å². The Morgan fingerprint density at radius 3 is 2.57 bits per heavy atom. The monoisotopic (exact) mass is 281 g/mol. The lowest BCUT2D eigenvalue weighted by atomic mass is 9.99. The molecule has 0 aliphatic carbocycles. The zero-order valence-corrected chi connectivity index (χ0v) is 12.5. The first-order valence-corrected chi connectivity index (χ1v) is 7.08. The number of rotatable bonds is 1. The Hall–Kier alpha value is -2.36. The van der Waals surface area contributed by atoms with E-state index in [0.29, 0.717) is 5.96 Å². The predicted octanol–water partition coefficient (Wildman–Crippen LogP) is 2.75. The summed E-state index contributed by atoms with van der Waals surface area (Å²) in [6.07, 6.45) is 0. The molecule has 2 aromatic rings. The second-order valence-electron chi connectivity index (χ2n) is 6.31. The van der Waals surface area contributed by atoms with Crippen molar-refractivity contribution in [3.8, 4) is 0 Å². The van der Waals surface area contributed by atoms with Crippen molar-refractivity contribution in [2.24, 2.45) is 4.99 Å². The maximum Gasteiger partial charge on any atom is 0.256 e. The first-order chi connectivity index (χ1) is 9.94. The summed E-state index contributed by atoms with van der Waals surface area (Å²) in [6, 6.07) is 13.6. The highest BCUT2D eigenvalue weighted by Crippen LogP contribution is 2.28. The predicted molar refractivity (Wildman–Crippen MR) is 85.2 cm³/mol. The Labute approximate surface area is 124 Å². The quantitative estimate of drug-likeness (QED) is 0.844. The molecule has 21 heavy (non-hydrogen) atoms. The van der Waals surface area contributed by atoms with Crippen molar-refractivity contribution in [3.05, 3.63) is 48.0 Å². The van der Waals surface area contributed by atoms with Gasteiger partial charge in [0.1, 0.15) is 0 Å². The van der Waals surface area contributed by atoms with Crippen LogP contribution in [0.5, 0.6) is 0 Å². The fourth-order valence-corrected chi connectivity index (χ4v) is 2.52. The number of amides is 1. The highest BCUT2D eigenvalue weighted by atomic mass is 16.2. The van der Waals surface area contributed by atoms with Crippen LogP contribution in [0.4, 0.5) is 0 Å². The second-order valence-corrected chi connectivity index (χ2v) is 6.31. The minimum absolute atomic E-state index is 0.0851. The summed E-state index contributed by atoms with van der Waals surface area (Å²) < 4.78 is 0. The minimum Gasteiger partial charge on any atom is -0.351 e. The van der Waals surface area contributed by atoms with Gasteiger partial charge in [-0.05, 0) is 37.1 Å². The number of carbonyl (C=O) groups is 1. The summed E-state index contributed by atoms with van der Waals surface area (Å²) in [7, 11) is 0. The van der Waals surface area contributed by atoms with Gasteiger partial charge in [0.05, 0.1) is 0 Å². The highest BCUT2D eigenvalue weighted by Gasteiger charge is 2.30. The van der Waals surface area contributed by atoms with Gasteiger partial charge in [-0.15, -0.1) is 0 Å². The first-order valence-electron chi connectivity index (χ1n) is 7.08. The van der Waals surface area contributed by atoms with E-state index in [4.69, 9.17) is 0 Å². The molecule has 0 saturated carbocycles. The van der Waals surface area contributed by atoms with E-state index in [1.54, 1.807) is 0 Å². The molecule has 0 radical (unpaired) electrons. The lowest BCUT2D eigenvalue weighted by molar-refractivity contribution is -0.120. The van der Waals surface area contributed by atoms with Gasteiger partial charge < -0.3 is 5.32 Å². The van der Waals surface area contributed by atoms with Crippen molar-refractivity contribution >= 4 is 22.6 Å². The Morgan fingerprint density at radius 1 is 1.10 bits per heavy atom. The number of hydrogen-bond acceptors (Lipinski definition) is 3. The third kappa shape index (κ3) is 2.75. The van der Waals surface area contributed by atoms with Crippen LogP contribution in [0.1, 0.15) is 32.4 Å². The topological polar surface area (TPSA) is 53.5 Å². The lowest BCUT2D eigenvalue weighted by Crippen LogP contribution is -2.46. The summed E-state index contributed by atoms with van der Waals surface area (Å²) >= 11 is 0. The minimum atomic E-state index is -0.485. The van der Waals surface area contributed by atoms with E-state index >= 15 is 0 Å². The normalized spacial score (nSPS) is 18.5. The number of nitrogens with zero attached hydrogens (tertiary/aromatic N) is 1. The third-order valence-corrected chi connectivity index (χ3v) is 3.36. The molecule has 0 saturated heterocycles. The molecular formula is C17H19N3O. The van der Waals surface area contributed by atoms with Gasteiger partial charge in [0.25, 0.3) is 5.91 Å². The van der Waals surface area contributed by atoms with E-state index in [9.17, 15) is 4.79 Å². The van der Waals surface area contributed by atoms with Crippen LogP contribution >= 0.6 is 0 Å². The van der Waals surface area contributed by atoms with Crippen molar-refractivity contribution in [1.82, 2.24) is 10.6 Å². The highest BCUT2D eigenvalue weighted by molar-refractivity contribution is 6.07. The Balaban J connectivity index is 2.01. The van der Waals surface area contributed by atoms with Gasteiger partial charge in [0.2, 0.25) is 0 Å². The number of aliphatic imine (C=N–C) groups is 1. The van der Waals surface area contributed by atoms with Crippen LogP contribution in [0.3, 0.4) is 0 Å². The molecule has 4 heteroatoms. The molecule has 1 aliphatic heterocycles. The molecule has 2 aromatic carbocycles. The summed E-state index contributed by atoms with van der Waals surface area (Å²) in [5, 5.41) is 8.23. The van der Waals surface area contributed by atoms with Gasteiger partial charge >= 0.3 is 0 Å². The van der Waals surface area contributed by atoms with Crippen LogP contribution in [0.2, 0.25) is 0 Å². The molecule has 0 fully saturated rings.